The Bertz CT molecular complexity index is 717. The zero-order valence-corrected chi connectivity index (χ0v) is 13.9. The quantitative estimate of drug-likeness (QED) is 0.559. The first kappa shape index (κ1) is 19.6. The summed E-state index contributed by atoms with van der Waals surface area (Å²) in [5.41, 5.74) is 0. The molecule has 0 bridgehead atoms. The third kappa shape index (κ3) is 5.95. The Morgan fingerprint density at radius 3 is 2.33 bits per heavy atom. The van der Waals surface area contributed by atoms with Crippen LogP contribution in [0.2, 0.25) is 0 Å². The van der Waals surface area contributed by atoms with Crippen LogP contribution >= 0.6 is 0 Å². The standard InChI is InChI=1S/C14H17FN2O6S/c1-9(13(19)17-14(20)16-2)23-12(18)7-8-24(21,22)11-5-3-10(15)4-6-11/h3-6,9H,7-8H2,1-2H3,(H2,16,17,19,20)/t9-/m0/s1. The van der Waals surface area contributed by atoms with Crippen LogP contribution in [0.1, 0.15) is 13.3 Å². The molecular weight excluding hydrogens is 343 g/mol. The summed E-state index contributed by atoms with van der Waals surface area (Å²) >= 11 is 0. The van der Waals surface area contributed by atoms with Gasteiger partial charge in [-0.15, -0.1) is 0 Å². The predicted molar refractivity (Wildman–Crippen MR) is 81.2 cm³/mol. The lowest BCUT2D eigenvalue weighted by atomic mass is 10.3. The molecule has 1 aromatic rings. The largest absolute Gasteiger partial charge is 0.453 e. The molecule has 10 heteroatoms. The van der Waals surface area contributed by atoms with Crippen LogP contribution in [-0.2, 0) is 24.2 Å². The van der Waals surface area contributed by atoms with Crippen LogP contribution in [0.25, 0.3) is 0 Å². The molecule has 0 spiro atoms. The van der Waals surface area contributed by atoms with Crippen molar-refractivity contribution in [2.75, 3.05) is 12.8 Å². The van der Waals surface area contributed by atoms with Crippen LogP contribution in [0.3, 0.4) is 0 Å². The number of esters is 1. The lowest BCUT2D eigenvalue weighted by Crippen LogP contribution is -2.43. The van der Waals surface area contributed by atoms with Crippen molar-refractivity contribution in [3.8, 4) is 0 Å². The molecule has 24 heavy (non-hydrogen) atoms. The number of rotatable bonds is 6. The van der Waals surface area contributed by atoms with E-state index in [9.17, 15) is 27.2 Å². The number of halogens is 1. The molecule has 2 N–H and O–H groups in total. The predicted octanol–water partition coefficient (Wildman–Crippen LogP) is 0.377. The van der Waals surface area contributed by atoms with Gasteiger partial charge in [-0.05, 0) is 31.2 Å². The van der Waals surface area contributed by atoms with E-state index in [0.717, 1.165) is 24.3 Å². The Morgan fingerprint density at radius 1 is 1.21 bits per heavy atom. The third-order valence-electron chi connectivity index (χ3n) is 2.89. The lowest BCUT2D eigenvalue weighted by Gasteiger charge is -2.12. The van der Waals surface area contributed by atoms with Gasteiger partial charge in [0.25, 0.3) is 5.91 Å². The summed E-state index contributed by atoms with van der Waals surface area (Å²) in [6, 6.07) is 3.42. The number of carbonyl (C=O) groups excluding carboxylic acids is 3. The number of benzene rings is 1. The van der Waals surface area contributed by atoms with Gasteiger partial charge in [0.15, 0.2) is 15.9 Å². The summed E-state index contributed by atoms with van der Waals surface area (Å²) in [7, 11) is -2.48. The molecule has 1 rings (SSSR count). The van der Waals surface area contributed by atoms with Gasteiger partial charge in [0.05, 0.1) is 17.1 Å². The summed E-state index contributed by atoms with van der Waals surface area (Å²) < 4.78 is 41.5. The van der Waals surface area contributed by atoms with E-state index in [0.29, 0.717) is 0 Å². The lowest BCUT2D eigenvalue weighted by molar-refractivity contribution is -0.154. The summed E-state index contributed by atoms with van der Waals surface area (Å²) in [6.45, 7) is 1.24. The highest BCUT2D eigenvalue weighted by molar-refractivity contribution is 7.91. The number of nitrogens with one attached hydrogen (secondary N) is 2. The number of urea groups is 1. The van der Waals surface area contributed by atoms with E-state index in [2.05, 4.69) is 5.32 Å². The second-order valence-corrected chi connectivity index (χ2v) is 6.83. The molecular formula is C14H17FN2O6S. The van der Waals surface area contributed by atoms with E-state index in [1.165, 1.54) is 14.0 Å². The van der Waals surface area contributed by atoms with Crippen molar-refractivity contribution in [2.24, 2.45) is 0 Å². The molecule has 0 heterocycles. The minimum atomic E-state index is -3.78. The Balaban J connectivity index is 2.55. The molecule has 0 saturated heterocycles. The van der Waals surface area contributed by atoms with Crippen LogP contribution in [0.4, 0.5) is 9.18 Å². The molecule has 0 aliphatic rings. The molecule has 0 aliphatic heterocycles. The second-order valence-electron chi connectivity index (χ2n) is 4.72. The van der Waals surface area contributed by atoms with E-state index in [-0.39, 0.29) is 4.90 Å². The SMILES string of the molecule is CNC(=O)NC(=O)[C@H](C)OC(=O)CCS(=O)(=O)c1ccc(F)cc1. The summed E-state index contributed by atoms with van der Waals surface area (Å²) in [5.74, 6) is -2.89. The van der Waals surface area contributed by atoms with E-state index in [1.54, 1.807) is 0 Å². The van der Waals surface area contributed by atoms with Crippen molar-refractivity contribution in [3.63, 3.8) is 0 Å². The van der Waals surface area contributed by atoms with Gasteiger partial charge in [0.1, 0.15) is 5.82 Å². The van der Waals surface area contributed by atoms with Crippen LogP contribution in [0, 0.1) is 5.82 Å². The number of amides is 3. The Labute approximate surface area is 138 Å². The number of sulfone groups is 1. The normalized spacial score (nSPS) is 12.1. The van der Waals surface area contributed by atoms with Crippen molar-refractivity contribution in [3.05, 3.63) is 30.1 Å². The summed E-state index contributed by atoms with van der Waals surface area (Å²) in [6.07, 6.45) is -1.75. The fourth-order valence-electron chi connectivity index (χ4n) is 1.56. The zero-order valence-electron chi connectivity index (χ0n) is 13.0. The van der Waals surface area contributed by atoms with Crippen LogP contribution in [0.15, 0.2) is 29.2 Å². The molecule has 132 valence electrons. The number of ether oxygens (including phenoxy) is 1. The van der Waals surface area contributed by atoms with E-state index >= 15 is 0 Å². The smallest absolute Gasteiger partial charge is 0.321 e. The molecule has 3 amide bonds. The van der Waals surface area contributed by atoms with Crippen molar-refractivity contribution in [2.45, 2.75) is 24.3 Å². The molecule has 0 aliphatic carbocycles. The first-order valence-electron chi connectivity index (χ1n) is 6.86. The summed E-state index contributed by atoms with van der Waals surface area (Å²) in [4.78, 5) is 34.0. The van der Waals surface area contributed by atoms with Crippen LogP contribution in [-0.4, -0.2) is 45.2 Å². The zero-order chi connectivity index (χ0) is 18.3. The van der Waals surface area contributed by atoms with E-state index in [4.69, 9.17) is 4.74 Å². The van der Waals surface area contributed by atoms with Gasteiger partial charge in [0.2, 0.25) is 0 Å². The van der Waals surface area contributed by atoms with Gasteiger partial charge < -0.3 is 10.1 Å². The van der Waals surface area contributed by atoms with Gasteiger partial charge in [-0.1, -0.05) is 0 Å². The highest BCUT2D eigenvalue weighted by atomic mass is 32.2. The summed E-state index contributed by atoms with van der Waals surface area (Å²) in [5, 5.41) is 4.07. The van der Waals surface area contributed by atoms with Gasteiger partial charge in [0, 0.05) is 7.05 Å². The first-order valence-corrected chi connectivity index (χ1v) is 8.51. The molecule has 8 nitrogen and oxygen atoms in total. The highest BCUT2D eigenvalue weighted by Gasteiger charge is 2.22. The van der Waals surface area contributed by atoms with E-state index in [1.807, 2.05) is 5.32 Å². The second kappa shape index (κ2) is 8.39. The minimum absolute atomic E-state index is 0.123. The third-order valence-corrected chi connectivity index (χ3v) is 4.62. The average molecular weight is 360 g/mol. The number of carbonyl (C=O) groups is 3. The highest BCUT2D eigenvalue weighted by Crippen LogP contribution is 2.13. The fraction of sp³-hybridized carbons (Fsp3) is 0.357. The monoisotopic (exact) mass is 360 g/mol. The van der Waals surface area contributed by atoms with Crippen LogP contribution < -0.4 is 10.6 Å². The first-order chi connectivity index (χ1) is 11.2. The fourth-order valence-corrected chi connectivity index (χ4v) is 2.78. The topological polar surface area (TPSA) is 119 Å². The van der Waals surface area contributed by atoms with Gasteiger partial charge in [-0.25, -0.2) is 17.6 Å². The number of hydrogen-bond acceptors (Lipinski definition) is 6. The molecule has 1 aromatic carbocycles. The Kier molecular flexibility index (Phi) is 6.83. The average Bonchev–Trinajstić information content (AvgIpc) is 2.53. The number of hydrogen-bond donors (Lipinski definition) is 2. The molecule has 1 atom stereocenters. The van der Waals surface area contributed by atoms with E-state index < -0.39 is 51.8 Å². The molecule has 0 saturated carbocycles. The molecule has 0 fully saturated rings. The van der Waals surface area contributed by atoms with Crippen molar-refractivity contribution >= 4 is 27.7 Å². The van der Waals surface area contributed by atoms with Gasteiger partial charge >= 0.3 is 12.0 Å². The maximum absolute atomic E-state index is 12.8. The minimum Gasteiger partial charge on any atom is -0.453 e. The van der Waals surface area contributed by atoms with Gasteiger partial charge in [-0.3, -0.25) is 14.9 Å². The Morgan fingerprint density at radius 2 is 1.79 bits per heavy atom. The van der Waals surface area contributed by atoms with Crippen molar-refractivity contribution in [1.29, 1.82) is 0 Å². The van der Waals surface area contributed by atoms with Crippen LogP contribution in [0.5, 0.6) is 0 Å². The van der Waals surface area contributed by atoms with Crippen molar-refractivity contribution < 1.29 is 31.9 Å². The number of imide groups is 1. The molecule has 0 unspecified atom stereocenters. The van der Waals surface area contributed by atoms with Crippen molar-refractivity contribution in [1.82, 2.24) is 10.6 Å². The maximum Gasteiger partial charge on any atom is 0.321 e. The molecule has 0 aromatic heterocycles. The molecule has 0 radical (unpaired) electrons. The Hall–Kier alpha value is -2.49. The maximum atomic E-state index is 12.8. The van der Waals surface area contributed by atoms with Gasteiger partial charge in [-0.2, -0.15) is 0 Å².